The lowest BCUT2D eigenvalue weighted by Crippen LogP contribution is -2.01. The van der Waals surface area contributed by atoms with Gasteiger partial charge in [0.25, 0.3) is 0 Å². The number of hydrogen-bond acceptors (Lipinski definition) is 4. The van der Waals surface area contributed by atoms with E-state index in [2.05, 4.69) is 5.32 Å². The second-order valence-electron chi connectivity index (χ2n) is 3.83. The standard InChI is InChI=1S/C14H15NO3/c1-18-14-8-3-2-5-11(14)15-9-10-12(16)6-4-7-13(10)17/h2-8,15-17H,9H2,1H3. The quantitative estimate of drug-likeness (QED) is 0.775. The molecule has 2 rings (SSSR count). The van der Waals surface area contributed by atoms with Gasteiger partial charge >= 0.3 is 0 Å². The molecule has 94 valence electrons. The maximum absolute atomic E-state index is 9.66. The molecule has 0 amide bonds. The summed E-state index contributed by atoms with van der Waals surface area (Å²) < 4.78 is 5.21. The molecule has 0 heterocycles. The van der Waals surface area contributed by atoms with Crippen molar-refractivity contribution in [2.75, 3.05) is 12.4 Å². The highest BCUT2D eigenvalue weighted by Gasteiger charge is 2.07. The van der Waals surface area contributed by atoms with Crippen LogP contribution in [-0.2, 0) is 6.54 Å². The van der Waals surface area contributed by atoms with Crippen LogP contribution in [-0.4, -0.2) is 17.3 Å². The molecule has 0 saturated carbocycles. The molecule has 0 unspecified atom stereocenters. The van der Waals surface area contributed by atoms with Crippen LogP contribution >= 0.6 is 0 Å². The van der Waals surface area contributed by atoms with Gasteiger partial charge in [0.05, 0.1) is 18.4 Å². The van der Waals surface area contributed by atoms with Crippen LogP contribution in [0.1, 0.15) is 5.56 Å². The van der Waals surface area contributed by atoms with E-state index < -0.39 is 0 Å². The number of benzene rings is 2. The first-order valence-corrected chi connectivity index (χ1v) is 5.59. The number of methoxy groups -OCH3 is 1. The van der Waals surface area contributed by atoms with Gasteiger partial charge < -0.3 is 20.3 Å². The summed E-state index contributed by atoms with van der Waals surface area (Å²) in [6, 6.07) is 12.1. The van der Waals surface area contributed by atoms with E-state index in [-0.39, 0.29) is 11.5 Å². The molecule has 3 N–H and O–H groups in total. The number of anilines is 1. The van der Waals surface area contributed by atoms with Crippen LogP contribution in [0.2, 0.25) is 0 Å². The summed E-state index contributed by atoms with van der Waals surface area (Å²) in [7, 11) is 1.60. The highest BCUT2D eigenvalue weighted by molar-refractivity contribution is 5.57. The maximum atomic E-state index is 9.66. The van der Waals surface area contributed by atoms with Crippen molar-refractivity contribution in [2.24, 2.45) is 0 Å². The van der Waals surface area contributed by atoms with Gasteiger partial charge in [0, 0.05) is 6.54 Å². The SMILES string of the molecule is COc1ccccc1NCc1c(O)cccc1O. The average molecular weight is 245 g/mol. The van der Waals surface area contributed by atoms with Gasteiger partial charge in [0.15, 0.2) is 0 Å². The zero-order valence-corrected chi connectivity index (χ0v) is 10.1. The summed E-state index contributed by atoms with van der Waals surface area (Å²) in [6.07, 6.45) is 0. The fourth-order valence-electron chi connectivity index (χ4n) is 1.72. The summed E-state index contributed by atoms with van der Waals surface area (Å²) in [5, 5.41) is 22.4. The lowest BCUT2D eigenvalue weighted by Gasteiger charge is -2.12. The summed E-state index contributed by atoms with van der Waals surface area (Å²) in [4.78, 5) is 0. The first-order valence-electron chi connectivity index (χ1n) is 5.59. The van der Waals surface area contributed by atoms with Crippen molar-refractivity contribution >= 4 is 5.69 Å². The van der Waals surface area contributed by atoms with Gasteiger partial charge in [-0.15, -0.1) is 0 Å². The molecule has 18 heavy (non-hydrogen) atoms. The molecule has 0 atom stereocenters. The minimum absolute atomic E-state index is 0.0670. The number of hydrogen-bond donors (Lipinski definition) is 3. The molecular formula is C14H15NO3. The lowest BCUT2D eigenvalue weighted by atomic mass is 10.1. The third-order valence-electron chi connectivity index (χ3n) is 2.69. The minimum Gasteiger partial charge on any atom is -0.507 e. The Morgan fingerprint density at radius 2 is 1.67 bits per heavy atom. The van der Waals surface area contributed by atoms with E-state index >= 15 is 0 Å². The molecule has 0 aromatic heterocycles. The second-order valence-corrected chi connectivity index (χ2v) is 3.83. The van der Waals surface area contributed by atoms with E-state index in [0.29, 0.717) is 17.9 Å². The summed E-state index contributed by atoms with van der Waals surface area (Å²) >= 11 is 0. The monoisotopic (exact) mass is 245 g/mol. The third kappa shape index (κ3) is 2.48. The van der Waals surface area contributed by atoms with Crippen LogP contribution in [0.4, 0.5) is 5.69 Å². The normalized spacial score (nSPS) is 10.1. The highest BCUT2D eigenvalue weighted by atomic mass is 16.5. The van der Waals surface area contributed by atoms with Crippen LogP contribution in [0, 0.1) is 0 Å². The number of phenolic OH excluding ortho intramolecular Hbond substituents is 2. The highest BCUT2D eigenvalue weighted by Crippen LogP contribution is 2.29. The molecule has 0 fully saturated rings. The van der Waals surface area contributed by atoms with E-state index in [0.717, 1.165) is 5.69 Å². The Hall–Kier alpha value is -2.36. The van der Waals surface area contributed by atoms with Gasteiger partial charge in [-0.25, -0.2) is 0 Å². The van der Waals surface area contributed by atoms with Crippen molar-refractivity contribution in [3.8, 4) is 17.2 Å². The average Bonchev–Trinajstić information content (AvgIpc) is 2.38. The van der Waals surface area contributed by atoms with Crippen molar-refractivity contribution in [1.82, 2.24) is 0 Å². The largest absolute Gasteiger partial charge is 0.507 e. The van der Waals surface area contributed by atoms with Crippen molar-refractivity contribution in [2.45, 2.75) is 6.54 Å². The van der Waals surface area contributed by atoms with Crippen LogP contribution < -0.4 is 10.1 Å². The summed E-state index contributed by atoms with van der Waals surface area (Å²) in [6.45, 7) is 0.318. The molecular weight excluding hydrogens is 230 g/mol. The number of phenols is 2. The molecule has 4 nitrogen and oxygen atoms in total. The molecule has 0 aliphatic carbocycles. The van der Waals surface area contributed by atoms with Gasteiger partial charge in [-0.2, -0.15) is 0 Å². The number of aromatic hydroxyl groups is 2. The van der Waals surface area contributed by atoms with E-state index in [9.17, 15) is 10.2 Å². The van der Waals surface area contributed by atoms with Crippen molar-refractivity contribution in [3.63, 3.8) is 0 Å². The van der Waals surface area contributed by atoms with E-state index in [1.807, 2.05) is 24.3 Å². The van der Waals surface area contributed by atoms with E-state index in [4.69, 9.17) is 4.74 Å². The number of ether oxygens (including phenoxy) is 1. The Labute approximate surface area is 105 Å². The van der Waals surface area contributed by atoms with Gasteiger partial charge in [-0.3, -0.25) is 0 Å². The molecule has 0 aliphatic heterocycles. The maximum Gasteiger partial charge on any atom is 0.141 e. The van der Waals surface area contributed by atoms with E-state index in [1.54, 1.807) is 25.3 Å². The number of para-hydroxylation sites is 2. The number of nitrogens with one attached hydrogen (secondary N) is 1. The first-order chi connectivity index (χ1) is 8.72. The molecule has 4 heteroatoms. The van der Waals surface area contributed by atoms with Gasteiger partial charge in [0.1, 0.15) is 17.2 Å². The van der Waals surface area contributed by atoms with Crippen LogP contribution in [0.15, 0.2) is 42.5 Å². The fraction of sp³-hybridized carbons (Fsp3) is 0.143. The van der Waals surface area contributed by atoms with Crippen LogP contribution in [0.3, 0.4) is 0 Å². The molecule has 0 bridgehead atoms. The Bertz CT molecular complexity index is 520. The van der Waals surface area contributed by atoms with Gasteiger partial charge in [0.2, 0.25) is 0 Å². The zero-order valence-electron chi connectivity index (χ0n) is 10.1. The predicted molar refractivity (Wildman–Crippen MR) is 70.1 cm³/mol. The van der Waals surface area contributed by atoms with Crippen LogP contribution in [0.25, 0.3) is 0 Å². The molecule has 0 spiro atoms. The predicted octanol–water partition coefficient (Wildman–Crippen LogP) is 2.72. The topological polar surface area (TPSA) is 61.7 Å². The Balaban J connectivity index is 2.16. The van der Waals surface area contributed by atoms with Crippen molar-refractivity contribution in [3.05, 3.63) is 48.0 Å². The summed E-state index contributed by atoms with van der Waals surface area (Å²) in [5.41, 5.74) is 1.27. The van der Waals surface area contributed by atoms with Crippen molar-refractivity contribution in [1.29, 1.82) is 0 Å². The summed E-state index contributed by atoms with van der Waals surface area (Å²) in [5.74, 6) is 0.849. The van der Waals surface area contributed by atoms with Gasteiger partial charge in [-0.05, 0) is 24.3 Å². The molecule has 2 aromatic rings. The molecule has 0 saturated heterocycles. The molecule has 0 radical (unpaired) electrons. The lowest BCUT2D eigenvalue weighted by molar-refractivity contribution is 0.416. The minimum atomic E-state index is 0.0670. The smallest absolute Gasteiger partial charge is 0.141 e. The zero-order chi connectivity index (χ0) is 13.0. The Morgan fingerprint density at radius 3 is 2.33 bits per heavy atom. The third-order valence-corrected chi connectivity index (χ3v) is 2.69. The second kappa shape index (κ2) is 5.31. The van der Waals surface area contributed by atoms with Crippen LogP contribution in [0.5, 0.6) is 17.2 Å². The van der Waals surface area contributed by atoms with E-state index in [1.165, 1.54) is 0 Å². The first kappa shape index (κ1) is 12.1. The number of rotatable bonds is 4. The molecule has 0 aliphatic rings. The molecule has 2 aromatic carbocycles. The Morgan fingerprint density at radius 1 is 1.00 bits per heavy atom. The van der Waals surface area contributed by atoms with Gasteiger partial charge in [-0.1, -0.05) is 18.2 Å². The Kier molecular flexibility index (Phi) is 3.57. The fourth-order valence-corrected chi connectivity index (χ4v) is 1.72. The van der Waals surface area contributed by atoms with Crippen molar-refractivity contribution < 1.29 is 14.9 Å².